The Labute approximate surface area is 191 Å². The molecule has 0 aliphatic carbocycles. The second-order valence-electron chi connectivity index (χ2n) is 7.44. The number of nitrogens with zero attached hydrogens (tertiary/aromatic N) is 4. The highest BCUT2D eigenvalue weighted by Crippen LogP contribution is 2.29. The van der Waals surface area contributed by atoms with Crippen LogP contribution in [0.3, 0.4) is 0 Å². The molecule has 7 nitrogen and oxygen atoms in total. The third-order valence-corrected chi connectivity index (χ3v) is 5.87. The highest BCUT2D eigenvalue weighted by atomic mass is 35.5. The van der Waals surface area contributed by atoms with Crippen molar-refractivity contribution in [3.8, 4) is 23.0 Å². The van der Waals surface area contributed by atoms with E-state index < -0.39 is 0 Å². The van der Waals surface area contributed by atoms with Gasteiger partial charge in [-0.2, -0.15) is 0 Å². The van der Waals surface area contributed by atoms with E-state index in [2.05, 4.69) is 27.0 Å². The molecule has 1 aromatic heterocycles. The summed E-state index contributed by atoms with van der Waals surface area (Å²) in [5.41, 5.74) is 2.03. The lowest BCUT2D eigenvalue weighted by atomic mass is 10.2. The summed E-state index contributed by atoms with van der Waals surface area (Å²) in [6, 6.07) is 13.5. The van der Waals surface area contributed by atoms with Crippen molar-refractivity contribution in [2.45, 2.75) is 13.2 Å². The van der Waals surface area contributed by atoms with Crippen molar-refractivity contribution in [1.29, 1.82) is 0 Å². The van der Waals surface area contributed by atoms with Crippen molar-refractivity contribution < 1.29 is 13.9 Å². The molecule has 1 saturated heterocycles. The quantitative estimate of drug-likeness (QED) is 0.486. The molecule has 1 fully saturated rings. The first-order chi connectivity index (χ1) is 15.0. The van der Waals surface area contributed by atoms with Gasteiger partial charge in [0, 0.05) is 49.4 Å². The highest BCUT2D eigenvalue weighted by molar-refractivity contribution is 7.71. The Balaban J connectivity index is 1.38. The van der Waals surface area contributed by atoms with E-state index in [0.717, 1.165) is 43.3 Å². The maximum Gasteiger partial charge on any atom is 0.288 e. The van der Waals surface area contributed by atoms with Gasteiger partial charge in [-0.15, -0.1) is 5.10 Å². The minimum absolute atomic E-state index is 0.348. The molecule has 0 radical (unpaired) electrons. The van der Waals surface area contributed by atoms with Crippen molar-refractivity contribution in [3.63, 3.8) is 0 Å². The van der Waals surface area contributed by atoms with Crippen molar-refractivity contribution in [2.75, 3.05) is 40.4 Å². The summed E-state index contributed by atoms with van der Waals surface area (Å²) >= 11 is 11.4. The van der Waals surface area contributed by atoms with E-state index in [1.54, 1.807) is 25.0 Å². The van der Waals surface area contributed by atoms with Gasteiger partial charge >= 0.3 is 0 Å². The lowest BCUT2D eigenvalue weighted by Crippen LogP contribution is -2.46. The summed E-state index contributed by atoms with van der Waals surface area (Å²) in [6.07, 6.45) is 0. The van der Waals surface area contributed by atoms with Gasteiger partial charge < -0.3 is 13.9 Å². The maximum absolute atomic E-state index is 5.98. The van der Waals surface area contributed by atoms with Crippen LogP contribution in [-0.2, 0) is 13.2 Å². The largest absolute Gasteiger partial charge is 0.497 e. The van der Waals surface area contributed by atoms with Gasteiger partial charge in [-0.05, 0) is 42.0 Å². The monoisotopic (exact) mass is 460 g/mol. The van der Waals surface area contributed by atoms with Gasteiger partial charge in [0.2, 0.25) is 5.89 Å². The number of methoxy groups -OCH3 is 2. The third-order valence-electron chi connectivity index (χ3n) is 5.32. The summed E-state index contributed by atoms with van der Waals surface area (Å²) in [6.45, 7) is 5.35. The molecule has 31 heavy (non-hydrogen) atoms. The summed E-state index contributed by atoms with van der Waals surface area (Å²) in [5.74, 6) is 1.78. The fourth-order valence-electron chi connectivity index (χ4n) is 3.57. The van der Waals surface area contributed by atoms with E-state index in [4.69, 9.17) is 37.7 Å². The van der Waals surface area contributed by atoms with Crippen LogP contribution in [0.15, 0.2) is 46.9 Å². The third kappa shape index (κ3) is 5.46. The summed E-state index contributed by atoms with van der Waals surface area (Å²) in [7, 11) is 3.22. The van der Waals surface area contributed by atoms with Crippen molar-refractivity contribution in [1.82, 2.24) is 19.6 Å². The van der Waals surface area contributed by atoms with Crippen LogP contribution in [0.2, 0.25) is 5.02 Å². The summed E-state index contributed by atoms with van der Waals surface area (Å²) in [5, 5.41) is 5.36. The van der Waals surface area contributed by atoms with Gasteiger partial charge in [-0.1, -0.05) is 23.7 Å². The molecular weight excluding hydrogens is 436 g/mol. The number of hydrogen-bond donors (Lipinski definition) is 0. The van der Waals surface area contributed by atoms with Gasteiger partial charge in [-0.25, -0.2) is 4.68 Å². The first-order valence-electron chi connectivity index (χ1n) is 10.0. The molecule has 0 spiro atoms. The van der Waals surface area contributed by atoms with E-state index in [1.165, 1.54) is 5.56 Å². The Kier molecular flexibility index (Phi) is 6.92. The predicted molar refractivity (Wildman–Crippen MR) is 122 cm³/mol. The van der Waals surface area contributed by atoms with E-state index >= 15 is 0 Å². The summed E-state index contributed by atoms with van der Waals surface area (Å²) < 4.78 is 18.2. The lowest BCUT2D eigenvalue weighted by molar-refractivity contribution is 0.0974. The topological polar surface area (TPSA) is 55.9 Å². The second-order valence-corrected chi connectivity index (χ2v) is 8.22. The SMILES string of the molecule is COc1cc(OC)cc(-c2nn(CN3CCN(Cc4ccc(Cl)cc4)CC3)c(=S)o2)c1. The summed E-state index contributed by atoms with van der Waals surface area (Å²) in [4.78, 5) is 5.11. The van der Waals surface area contributed by atoms with Gasteiger partial charge in [0.1, 0.15) is 11.5 Å². The number of aromatic nitrogens is 2. The van der Waals surface area contributed by atoms with Crippen molar-refractivity contribution >= 4 is 23.8 Å². The molecular formula is C22H25ClN4O3S. The van der Waals surface area contributed by atoms with Crippen molar-refractivity contribution in [2.24, 2.45) is 0 Å². The van der Waals surface area contributed by atoms with Crippen LogP contribution in [0.4, 0.5) is 0 Å². The fourth-order valence-corrected chi connectivity index (χ4v) is 3.87. The number of halogens is 1. The molecule has 1 aliphatic heterocycles. The van der Waals surface area contributed by atoms with E-state index in [0.29, 0.717) is 28.9 Å². The van der Waals surface area contributed by atoms with Crippen LogP contribution in [0.1, 0.15) is 5.56 Å². The van der Waals surface area contributed by atoms with Crippen LogP contribution >= 0.6 is 23.8 Å². The Bertz CT molecular complexity index is 1050. The molecule has 0 N–H and O–H groups in total. The van der Waals surface area contributed by atoms with E-state index in [1.807, 2.05) is 24.3 Å². The zero-order valence-corrected chi connectivity index (χ0v) is 19.2. The molecule has 1 aliphatic rings. The Hall–Kier alpha value is -2.39. The lowest BCUT2D eigenvalue weighted by Gasteiger charge is -2.34. The molecule has 9 heteroatoms. The number of ether oxygens (including phenoxy) is 2. The van der Waals surface area contributed by atoms with E-state index in [-0.39, 0.29) is 0 Å². The van der Waals surface area contributed by atoms with E-state index in [9.17, 15) is 0 Å². The van der Waals surface area contributed by atoms with Crippen LogP contribution < -0.4 is 9.47 Å². The highest BCUT2D eigenvalue weighted by Gasteiger charge is 2.19. The molecule has 0 saturated carbocycles. The van der Waals surface area contributed by atoms with Gasteiger partial charge in [0.05, 0.1) is 20.9 Å². The molecule has 4 rings (SSSR count). The minimum Gasteiger partial charge on any atom is -0.497 e. The number of benzene rings is 2. The average molecular weight is 461 g/mol. The second kappa shape index (κ2) is 9.82. The van der Waals surface area contributed by atoms with Gasteiger partial charge in [0.25, 0.3) is 4.84 Å². The standard InChI is InChI=1S/C22H25ClN4O3S/c1-28-19-11-17(12-20(13-19)29-2)21-24-27(22(31)30-21)15-26-9-7-25(8-10-26)14-16-3-5-18(23)6-4-16/h3-6,11-13H,7-10,14-15H2,1-2H3. The zero-order chi connectivity index (χ0) is 21.8. The Morgan fingerprint density at radius 3 is 2.19 bits per heavy atom. The van der Waals surface area contributed by atoms with Crippen LogP contribution in [0.25, 0.3) is 11.5 Å². The average Bonchev–Trinajstić information content (AvgIpc) is 3.16. The molecule has 3 aromatic rings. The van der Waals surface area contributed by atoms with Gasteiger partial charge in [0.15, 0.2) is 0 Å². The van der Waals surface area contributed by atoms with Crippen molar-refractivity contribution in [3.05, 3.63) is 57.9 Å². The molecule has 164 valence electrons. The number of hydrogen-bond acceptors (Lipinski definition) is 7. The van der Waals surface area contributed by atoms with Crippen LogP contribution in [0, 0.1) is 4.84 Å². The van der Waals surface area contributed by atoms with Gasteiger partial charge in [-0.3, -0.25) is 9.80 Å². The normalized spacial score (nSPS) is 15.2. The molecule has 0 unspecified atom stereocenters. The predicted octanol–water partition coefficient (Wildman–Crippen LogP) is 4.32. The molecule has 2 aromatic carbocycles. The Morgan fingerprint density at radius 2 is 1.58 bits per heavy atom. The first kappa shape index (κ1) is 21.8. The molecule has 0 atom stereocenters. The van der Waals surface area contributed by atoms with Crippen LogP contribution in [0.5, 0.6) is 11.5 Å². The Morgan fingerprint density at radius 1 is 0.968 bits per heavy atom. The fraction of sp³-hybridized carbons (Fsp3) is 0.364. The number of piperazine rings is 1. The minimum atomic E-state index is 0.348. The smallest absolute Gasteiger partial charge is 0.288 e. The first-order valence-corrected chi connectivity index (χ1v) is 10.8. The molecule has 0 amide bonds. The van der Waals surface area contributed by atoms with Crippen LogP contribution in [-0.4, -0.2) is 60.0 Å². The molecule has 0 bridgehead atoms. The maximum atomic E-state index is 5.98. The molecule has 2 heterocycles. The zero-order valence-electron chi connectivity index (χ0n) is 17.6. The number of rotatable bonds is 7.